The van der Waals surface area contributed by atoms with E-state index in [-0.39, 0.29) is 24.3 Å². The number of ether oxygens (including phenoxy) is 1. The molecule has 0 saturated heterocycles. The van der Waals surface area contributed by atoms with E-state index in [1.54, 1.807) is 68.4 Å². The molecule has 0 heterocycles. The van der Waals surface area contributed by atoms with Gasteiger partial charge in [-0.1, -0.05) is 37.3 Å². The van der Waals surface area contributed by atoms with E-state index in [9.17, 15) is 18.0 Å². The predicted octanol–water partition coefficient (Wildman–Crippen LogP) is 3.05. The third kappa shape index (κ3) is 5.10. The quantitative estimate of drug-likeness (QED) is 0.683. The lowest BCUT2D eigenvalue weighted by atomic mass is 10.1. The zero-order valence-corrected chi connectivity index (χ0v) is 16.9. The number of sulfonamides is 1. The molecule has 0 saturated carbocycles. The van der Waals surface area contributed by atoms with Gasteiger partial charge in [0.2, 0.25) is 15.9 Å². The maximum absolute atomic E-state index is 13.0. The van der Waals surface area contributed by atoms with Gasteiger partial charge in [-0.25, -0.2) is 13.2 Å². The monoisotopic (exact) mass is 404 g/mol. The van der Waals surface area contributed by atoms with Crippen molar-refractivity contribution in [3.05, 3.63) is 60.2 Å². The summed E-state index contributed by atoms with van der Waals surface area (Å²) in [7, 11) is -3.72. The Morgan fingerprint density at radius 1 is 1.04 bits per heavy atom. The summed E-state index contributed by atoms with van der Waals surface area (Å²) in [5.74, 6) is -1.09. The van der Waals surface area contributed by atoms with Crippen LogP contribution in [-0.2, 0) is 19.6 Å². The van der Waals surface area contributed by atoms with Crippen LogP contribution in [-0.4, -0.2) is 39.2 Å². The lowest BCUT2D eigenvalue weighted by molar-refractivity contribution is -0.117. The lowest BCUT2D eigenvalue weighted by Crippen LogP contribution is -2.47. The van der Waals surface area contributed by atoms with Crippen LogP contribution in [0.2, 0.25) is 0 Å². The number of hydrogen-bond donors (Lipinski definition) is 1. The average molecular weight is 404 g/mol. The first kappa shape index (κ1) is 21.4. The minimum Gasteiger partial charge on any atom is -0.462 e. The predicted molar refractivity (Wildman–Crippen MR) is 109 cm³/mol. The first-order valence-electron chi connectivity index (χ1n) is 8.91. The Hall–Kier alpha value is -2.87. The molecular weight excluding hydrogens is 380 g/mol. The molecule has 150 valence electrons. The number of rotatable bonds is 8. The average Bonchev–Trinajstić information content (AvgIpc) is 2.66. The number of nitrogens with one attached hydrogen (secondary N) is 1. The molecule has 7 nitrogen and oxygen atoms in total. The number of benzene rings is 2. The second-order valence-electron chi connectivity index (χ2n) is 6.07. The molecule has 2 aromatic carbocycles. The van der Waals surface area contributed by atoms with E-state index in [1.807, 2.05) is 0 Å². The molecular formula is C20H24N2O5S. The van der Waals surface area contributed by atoms with Gasteiger partial charge in [0.25, 0.3) is 0 Å². The van der Waals surface area contributed by atoms with E-state index >= 15 is 0 Å². The molecule has 8 heteroatoms. The van der Waals surface area contributed by atoms with Crippen molar-refractivity contribution in [1.82, 2.24) is 0 Å². The second-order valence-corrected chi connectivity index (χ2v) is 7.93. The van der Waals surface area contributed by atoms with Crippen LogP contribution < -0.4 is 9.62 Å². The molecule has 2 rings (SSSR count). The normalized spacial score (nSPS) is 12.1. The third-order valence-corrected chi connectivity index (χ3v) is 5.20. The van der Waals surface area contributed by atoms with Gasteiger partial charge < -0.3 is 10.1 Å². The molecule has 1 amide bonds. The number of carbonyl (C=O) groups is 2. The number of carbonyl (C=O) groups excluding carboxylic acids is 2. The molecule has 1 atom stereocenters. The van der Waals surface area contributed by atoms with Crippen LogP contribution >= 0.6 is 0 Å². The van der Waals surface area contributed by atoms with Gasteiger partial charge in [-0.2, -0.15) is 0 Å². The van der Waals surface area contributed by atoms with Gasteiger partial charge in [0, 0.05) is 0 Å². The van der Waals surface area contributed by atoms with Crippen molar-refractivity contribution in [3.63, 3.8) is 0 Å². The molecule has 0 fully saturated rings. The zero-order valence-electron chi connectivity index (χ0n) is 16.1. The van der Waals surface area contributed by atoms with Crippen LogP contribution in [0.1, 0.15) is 30.6 Å². The van der Waals surface area contributed by atoms with E-state index < -0.39 is 27.9 Å². The molecule has 0 aliphatic carbocycles. The Bertz CT molecular complexity index is 929. The van der Waals surface area contributed by atoms with Gasteiger partial charge in [0.15, 0.2) is 0 Å². The fraction of sp³-hybridized carbons (Fsp3) is 0.300. The first-order valence-corrected chi connectivity index (χ1v) is 10.8. The topological polar surface area (TPSA) is 92.8 Å². The van der Waals surface area contributed by atoms with E-state index in [4.69, 9.17) is 4.74 Å². The molecule has 1 N–H and O–H groups in total. The maximum Gasteiger partial charge on any atom is 0.340 e. The highest BCUT2D eigenvalue weighted by Crippen LogP contribution is 2.24. The van der Waals surface area contributed by atoms with E-state index in [0.717, 1.165) is 10.6 Å². The zero-order chi connectivity index (χ0) is 20.7. The van der Waals surface area contributed by atoms with Crippen LogP contribution in [0, 0.1) is 0 Å². The number of anilines is 2. The summed E-state index contributed by atoms with van der Waals surface area (Å²) in [6, 6.07) is 13.9. The fourth-order valence-corrected chi connectivity index (χ4v) is 4.04. The van der Waals surface area contributed by atoms with Gasteiger partial charge in [-0.3, -0.25) is 9.10 Å². The van der Waals surface area contributed by atoms with Gasteiger partial charge in [0.1, 0.15) is 6.04 Å². The van der Waals surface area contributed by atoms with E-state index in [2.05, 4.69) is 5.32 Å². The van der Waals surface area contributed by atoms with Gasteiger partial charge in [0.05, 0.1) is 29.8 Å². The van der Waals surface area contributed by atoms with Crippen LogP contribution in [0.3, 0.4) is 0 Å². The number of amides is 1. The van der Waals surface area contributed by atoms with Crippen LogP contribution in [0.4, 0.5) is 11.4 Å². The van der Waals surface area contributed by atoms with Crippen LogP contribution in [0.15, 0.2) is 54.6 Å². The highest BCUT2D eigenvalue weighted by molar-refractivity contribution is 7.92. The van der Waals surface area contributed by atoms with Crippen molar-refractivity contribution in [1.29, 1.82) is 0 Å². The Morgan fingerprint density at radius 3 is 2.21 bits per heavy atom. The van der Waals surface area contributed by atoms with E-state index in [0.29, 0.717) is 5.69 Å². The lowest BCUT2D eigenvalue weighted by Gasteiger charge is -2.30. The minimum atomic E-state index is -3.72. The summed E-state index contributed by atoms with van der Waals surface area (Å²) in [5.41, 5.74) is 0.870. The maximum atomic E-state index is 13.0. The molecule has 28 heavy (non-hydrogen) atoms. The fourth-order valence-electron chi connectivity index (χ4n) is 2.83. The summed E-state index contributed by atoms with van der Waals surface area (Å²) in [6.45, 7) is 3.62. The Balaban J connectivity index is 2.37. The number of hydrogen-bond acceptors (Lipinski definition) is 5. The van der Waals surface area contributed by atoms with Crippen molar-refractivity contribution >= 4 is 33.3 Å². The van der Waals surface area contributed by atoms with Crippen molar-refractivity contribution < 1.29 is 22.7 Å². The molecule has 0 spiro atoms. The number of para-hydroxylation sites is 2. The third-order valence-electron chi connectivity index (χ3n) is 4.02. The summed E-state index contributed by atoms with van der Waals surface area (Å²) in [4.78, 5) is 25.1. The molecule has 2 aromatic rings. The molecule has 0 aromatic heterocycles. The van der Waals surface area contributed by atoms with E-state index in [1.165, 1.54) is 0 Å². The molecule has 0 aliphatic rings. The molecule has 0 unspecified atom stereocenters. The van der Waals surface area contributed by atoms with Crippen LogP contribution in [0.5, 0.6) is 0 Å². The highest BCUT2D eigenvalue weighted by atomic mass is 32.2. The Morgan fingerprint density at radius 2 is 1.64 bits per heavy atom. The summed E-state index contributed by atoms with van der Waals surface area (Å²) in [5, 5.41) is 2.68. The van der Waals surface area contributed by atoms with Gasteiger partial charge >= 0.3 is 5.97 Å². The number of esters is 1. The smallest absolute Gasteiger partial charge is 0.340 e. The second kappa shape index (κ2) is 9.36. The van der Waals surface area contributed by atoms with Crippen molar-refractivity contribution in [2.45, 2.75) is 26.3 Å². The number of nitrogens with zero attached hydrogens (tertiary/aromatic N) is 1. The van der Waals surface area contributed by atoms with Gasteiger partial charge in [-0.15, -0.1) is 0 Å². The molecule has 0 bridgehead atoms. The Labute approximate surface area is 165 Å². The SMILES string of the molecule is CCOC(=O)c1ccccc1NC(=O)[C@@H](CC)N(c1ccccc1)S(C)(=O)=O. The van der Waals surface area contributed by atoms with Crippen molar-refractivity contribution in [3.8, 4) is 0 Å². The van der Waals surface area contributed by atoms with Gasteiger partial charge in [-0.05, 0) is 37.6 Å². The Kier molecular flexibility index (Phi) is 7.17. The summed E-state index contributed by atoms with van der Waals surface area (Å²) >= 11 is 0. The van der Waals surface area contributed by atoms with Crippen molar-refractivity contribution in [2.75, 3.05) is 22.5 Å². The highest BCUT2D eigenvalue weighted by Gasteiger charge is 2.32. The summed E-state index contributed by atoms with van der Waals surface area (Å²) in [6.07, 6.45) is 1.30. The standard InChI is InChI=1S/C20H24N2O5S/c1-4-18(22(28(3,25)26)15-11-7-6-8-12-15)19(23)21-17-14-10-9-13-16(17)20(24)27-5-2/h6-14,18H,4-5H2,1-3H3,(H,21,23)/t18-/m1/s1. The van der Waals surface area contributed by atoms with Crippen LogP contribution in [0.25, 0.3) is 0 Å². The first-order chi connectivity index (χ1) is 13.3. The van der Waals surface area contributed by atoms with Crippen molar-refractivity contribution in [2.24, 2.45) is 0 Å². The molecule has 0 radical (unpaired) electrons. The molecule has 0 aliphatic heterocycles. The minimum absolute atomic E-state index is 0.203. The largest absolute Gasteiger partial charge is 0.462 e. The summed E-state index contributed by atoms with van der Waals surface area (Å²) < 4.78 is 30.9.